The summed E-state index contributed by atoms with van der Waals surface area (Å²) in [6.45, 7) is 7.73. The van der Waals surface area contributed by atoms with Gasteiger partial charge in [-0.3, -0.25) is 9.59 Å². The van der Waals surface area contributed by atoms with Crippen LogP contribution in [-0.4, -0.2) is 27.8 Å². The van der Waals surface area contributed by atoms with E-state index < -0.39 is 22.7 Å². The summed E-state index contributed by atoms with van der Waals surface area (Å²) in [7, 11) is 0. The largest absolute Gasteiger partial charge is 0.344 e. The van der Waals surface area contributed by atoms with Crippen molar-refractivity contribution in [2.24, 2.45) is 11.7 Å². The van der Waals surface area contributed by atoms with Crippen molar-refractivity contribution < 1.29 is 9.18 Å². The molecule has 2 rings (SSSR count). The minimum Gasteiger partial charge on any atom is -0.344 e. The maximum Gasteiger partial charge on any atom is 0.276 e. The van der Waals surface area contributed by atoms with E-state index in [2.05, 4.69) is 10.4 Å². The van der Waals surface area contributed by atoms with Crippen LogP contribution in [0.3, 0.4) is 0 Å². The third kappa shape index (κ3) is 4.35. The first-order chi connectivity index (χ1) is 12.2. The molecular weight excluding hydrogens is 335 g/mol. The lowest BCUT2D eigenvalue weighted by molar-refractivity contribution is 0.0890. The smallest absolute Gasteiger partial charge is 0.276 e. The van der Waals surface area contributed by atoms with Gasteiger partial charge in [0.1, 0.15) is 11.5 Å². The van der Waals surface area contributed by atoms with E-state index in [0.717, 1.165) is 0 Å². The maximum atomic E-state index is 14.1. The number of nitrogens with one attached hydrogen (secondary N) is 1. The molecule has 140 valence electrons. The third-order valence-electron chi connectivity index (χ3n) is 4.13. The molecule has 0 saturated carbocycles. The van der Waals surface area contributed by atoms with Crippen LogP contribution in [0.2, 0.25) is 0 Å². The van der Waals surface area contributed by atoms with Gasteiger partial charge in [-0.25, -0.2) is 9.07 Å². The monoisotopic (exact) mass is 360 g/mol. The number of aromatic nitrogens is 2. The molecule has 1 aromatic carbocycles. The Morgan fingerprint density at radius 1 is 1.38 bits per heavy atom. The molecule has 1 unspecified atom stereocenters. The van der Waals surface area contributed by atoms with Gasteiger partial charge in [0.2, 0.25) is 5.43 Å². The van der Waals surface area contributed by atoms with Gasteiger partial charge in [0.15, 0.2) is 5.69 Å². The van der Waals surface area contributed by atoms with E-state index in [1.807, 2.05) is 20.8 Å². The lowest BCUT2D eigenvalue weighted by Gasteiger charge is -2.31. The highest BCUT2D eigenvalue weighted by molar-refractivity contribution is 5.92. The number of hydrogen-bond acceptors (Lipinski definition) is 4. The molecule has 2 aromatic rings. The van der Waals surface area contributed by atoms with Gasteiger partial charge in [0, 0.05) is 18.3 Å². The highest BCUT2D eigenvalue weighted by Crippen LogP contribution is 2.16. The second-order valence-electron chi connectivity index (χ2n) is 7.18. The van der Waals surface area contributed by atoms with Gasteiger partial charge in [0.25, 0.3) is 5.91 Å². The van der Waals surface area contributed by atoms with E-state index in [4.69, 9.17) is 5.73 Å². The van der Waals surface area contributed by atoms with E-state index in [9.17, 15) is 14.0 Å². The summed E-state index contributed by atoms with van der Waals surface area (Å²) < 4.78 is 15.4. The molecule has 1 heterocycles. The Bertz CT molecular complexity index is 863. The number of para-hydroxylation sites is 1. The Morgan fingerprint density at radius 3 is 2.62 bits per heavy atom. The van der Waals surface area contributed by atoms with Crippen molar-refractivity contribution in [3.8, 4) is 5.69 Å². The van der Waals surface area contributed by atoms with Gasteiger partial charge in [-0.2, -0.15) is 5.10 Å². The summed E-state index contributed by atoms with van der Waals surface area (Å²) in [6.07, 6.45) is 0.655. The Kier molecular flexibility index (Phi) is 5.92. The number of benzene rings is 1. The van der Waals surface area contributed by atoms with E-state index >= 15 is 0 Å². The first-order valence-electron chi connectivity index (χ1n) is 8.55. The second-order valence-corrected chi connectivity index (χ2v) is 7.18. The van der Waals surface area contributed by atoms with Crippen LogP contribution in [0.15, 0.2) is 35.1 Å². The third-order valence-corrected chi connectivity index (χ3v) is 4.13. The van der Waals surface area contributed by atoms with E-state index in [1.165, 1.54) is 22.9 Å². The van der Waals surface area contributed by atoms with Crippen molar-refractivity contribution in [2.45, 2.75) is 39.7 Å². The summed E-state index contributed by atoms with van der Waals surface area (Å²) in [5.41, 5.74) is 4.95. The molecule has 26 heavy (non-hydrogen) atoms. The summed E-state index contributed by atoms with van der Waals surface area (Å²) in [4.78, 5) is 24.9. The van der Waals surface area contributed by atoms with Crippen LogP contribution in [0.5, 0.6) is 0 Å². The number of aryl methyl sites for hydroxylation is 1. The average molecular weight is 360 g/mol. The molecule has 6 nitrogen and oxygen atoms in total. The highest BCUT2D eigenvalue weighted by Gasteiger charge is 2.28. The Balaban J connectivity index is 2.44. The molecular formula is C19H25FN4O2. The molecule has 0 bridgehead atoms. The number of hydrogen-bond donors (Lipinski definition) is 2. The fraction of sp³-hybridized carbons (Fsp3) is 0.421. The number of nitrogens with zero attached hydrogens (tertiary/aromatic N) is 2. The van der Waals surface area contributed by atoms with Crippen molar-refractivity contribution in [1.82, 2.24) is 15.1 Å². The molecule has 0 aliphatic carbocycles. The van der Waals surface area contributed by atoms with Crippen LogP contribution in [0.25, 0.3) is 5.69 Å². The second kappa shape index (κ2) is 7.78. The van der Waals surface area contributed by atoms with Gasteiger partial charge in [-0.15, -0.1) is 0 Å². The Labute approximate surface area is 152 Å². The fourth-order valence-electron chi connectivity index (χ4n) is 2.99. The molecule has 1 aromatic heterocycles. The maximum absolute atomic E-state index is 14.1. The number of carbonyl (C=O) groups excluding carboxylic acids is 1. The highest BCUT2D eigenvalue weighted by atomic mass is 19.1. The molecule has 0 aliphatic heterocycles. The topological polar surface area (TPSA) is 90.0 Å². The van der Waals surface area contributed by atoms with Gasteiger partial charge >= 0.3 is 0 Å². The predicted molar refractivity (Wildman–Crippen MR) is 98.9 cm³/mol. The zero-order valence-corrected chi connectivity index (χ0v) is 15.5. The van der Waals surface area contributed by atoms with Crippen LogP contribution in [-0.2, 0) is 0 Å². The van der Waals surface area contributed by atoms with E-state index in [1.54, 1.807) is 19.1 Å². The van der Waals surface area contributed by atoms with Crippen molar-refractivity contribution in [1.29, 1.82) is 0 Å². The van der Waals surface area contributed by atoms with Crippen LogP contribution in [0, 0.1) is 18.7 Å². The van der Waals surface area contributed by atoms with Gasteiger partial charge in [0.05, 0.1) is 5.54 Å². The van der Waals surface area contributed by atoms with Gasteiger partial charge < -0.3 is 11.1 Å². The number of halogens is 1. The standard InChI is InChI=1S/C19H25FN4O2/c1-12(2)10-19(4,11-21)22-18(26)17-16(25)9-13(3)24(23-17)15-8-6-5-7-14(15)20/h5-9,12H,10-11,21H2,1-4H3,(H,22,26). The number of rotatable bonds is 6. The zero-order chi connectivity index (χ0) is 19.5. The predicted octanol–water partition coefficient (Wildman–Crippen LogP) is 2.17. The molecule has 0 aliphatic rings. The molecule has 0 saturated heterocycles. The first kappa shape index (κ1) is 19.8. The number of carbonyl (C=O) groups is 1. The van der Waals surface area contributed by atoms with Crippen LogP contribution in [0.1, 0.15) is 43.4 Å². The summed E-state index contributed by atoms with van der Waals surface area (Å²) in [6, 6.07) is 7.32. The van der Waals surface area contributed by atoms with Gasteiger partial charge in [-0.1, -0.05) is 26.0 Å². The summed E-state index contributed by atoms with van der Waals surface area (Å²) >= 11 is 0. The summed E-state index contributed by atoms with van der Waals surface area (Å²) in [5, 5.41) is 6.92. The minimum atomic E-state index is -0.660. The lowest BCUT2D eigenvalue weighted by Crippen LogP contribution is -2.53. The van der Waals surface area contributed by atoms with Crippen LogP contribution < -0.4 is 16.5 Å². The fourth-order valence-corrected chi connectivity index (χ4v) is 2.99. The molecule has 0 fully saturated rings. The average Bonchev–Trinajstić information content (AvgIpc) is 2.55. The number of amides is 1. The SMILES string of the molecule is Cc1cc(=O)c(C(=O)NC(C)(CN)CC(C)C)nn1-c1ccccc1F. The van der Waals surface area contributed by atoms with Crippen LogP contribution in [0.4, 0.5) is 4.39 Å². The van der Waals surface area contributed by atoms with E-state index in [0.29, 0.717) is 18.0 Å². The normalized spacial score (nSPS) is 13.5. The van der Waals surface area contributed by atoms with Gasteiger partial charge in [-0.05, 0) is 38.3 Å². The van der Waals surface area contributed by atoms with Crippen molar-refractivity contribution in [3.05, 3.63) is 57.8 Å². The van der Waals surface area contributed by atoms with Crippen LogP contribution >= 0.6 is 0 Å². The Morgan fingerprint density at radius 2 is 2.04 bits per heavy atom. The van der Waals surface area contributed by atoms with Crippen molar-refractivity contribution >= 4 is 5.91 Å². The number of nitrogens with two attached hydrogens (primary N) is 1. The molecule has 1 atom stereocenters. The summed E-state index contributed by atoms with van der Waals surface area (Å²) in [5.74, 6) is -0.802. The Hall–Kier alpha value is -2.54. The molecule has 0 radical (unpaired) electrons. The first-order valence-corrected chi connectivity index (χ1v) is 8.55. The lowest BCUT2D eigenvalue weighted by atomic mass is 9.90. The van der Waals surface area contributed by atoms with Crippen molar-refractivity contribution in [3.63, 3.8) is 0 Å². The molecule has 7 heteroatoms. The quantitative estimate of drug-likeness (QED) is 0.826. The zero-order valence-electron chi connectivity index (χ0n) is 15.5. The minimum absolute atomic E-state index is 0.169. The van der Waals surface area contributed by atoms with Crippen molar-refractivity contribution in [2.75, 3.05) is 6.54 Å². The molecule has 3 N–H and O–H groups in total. The molecule has 0 spiro atoms. The van der Waals surface area contributed by atoms with E-state index in [-0.39, 0.29) is 17.9 Å². The molecule has 1 amide bonds.